The normalized spacial score (nSPS) is 24.8. The third-order valence-corrected chi connectivity index (χ3v) is 3.13. The lowest BCUT2D eigenvalue weighted by atomic mass is 9.96. The van der Waals surface area contributed by atoms with Gasteiger partial charge >= 0.3 is 0 Å². The quantitative estimate of drug-likeness (QED) is 0.852. The highest BCUT2D eigenvalue weighted by Crippen LogP contribution is 2.22. The van der Waals surface area contributed by atoms with E-state index in [1.807, 2.05) is 6.92 Å². The number of aromatic nitrogens is 2. The average molecular weight is 237 g/mol. The zero-order chi connectivity index (χ0) is 12.3. The molecule has 0 bridgehead atoms. The Morgan fingerprint density at radius 1 is 1.53 bits per heavy atom. The van der Waals surface area contributed by atoms with Crippen LogP contribution in [0.3, 0.4) is 0 Å². The minimum Gasteiger partial charge on any atom is -0.477 e. The van der Waals surface area contributed by atoms with Gasteiger partial charge in [0.25, 0.3) is 0 Å². The van der Waals surface area contributed by atoms with Crippen molar-refractivity contribution in [2.45, 2.75) is 26.4 Å². The first-order valence-corrected chi connectivity index (χ1v) is 6.08. The molecule has 5 nitrogen and oxygen atoms in total. The Kier molecular flexibility index (Phi) is 3.78. The lowest BCUT2D eigenvalue weighted by Crippen LogP contribution is -2.43. The fourth-order valence-electron chi connectivity index (χ4n) is 1.97. The summed E-state index contributed by atoms with van der Waals surface area (Å²) in [6.45, 7) is 6.09. The fraction of sp³-hybridized carbons (Fsp3) is 0.667. The lowest BCUT2D eigenvalue weighted by Gasteiger charge is -2.34. The number of ether oxygens (including phenoxy) is 1. The van der Waals surface area contributed by atoms with Crippen molar-refractivity contribution < 1.29 is 9.84 Å². The minimum atomic E-state index is -0.290. The van der Waals surface area contributed by atoms with Crippen LogP contribution in [0.2, 0.25) is 0 Å². The Morgan fingerprint density at radius 2 is 2.35 bits per heavy atom. The molecule has 0 aliphatic carbocycles. The molecule has 17 heavy (non-hydrogen) atoms. The molecule has 2 heterocycles. The van der Waals surface area contributed by atoms with Crippen LogP contribution in [0.15, 0.2) is 12.4 Å². The van der Waals surface area contributed by atoms with Crippen molar-refractivity contribution in [2.24, 2.45) is 5.92 Å². The van der Waals surface area contributed by atoms with Gasteiger partial charge in [-0.1, -0.05) is 6.92 Å². The Hall–Kier alpha value is -1.36. The van der Waals surface area contributed by atoms with E-state index in [9.17, 15) is 5.11 Å². The first-order chi connectivity index (χ1) is 8.20. The summed E-state index contributed by atoms with van der Waals surface area (Å²) in [6, 6.07) is 0. The van der Waals surface area contributed by atoms with Gasteiger partial charge in [-0.2, -0.15) is 4.98 Å². The summed E-state index contributed by atoms with van der Waals surface area (Å²) >= 11 is 0. The molecule has 0 amide bonds. The second-order valence-corrected chi connectivity index (χ2v) is 4.43. The highest BCUT2D eigenvalue weighted by Gasteiger charge is 2.25. The van der Waals surface area contributed by atoms with Crippen LogP contribution in [0.25, 0.3) is 0 Å². The van der Waals surface area contributed by atoms with E-state index < -0.39 is 0 Å². The number of piperidine rings is 1. The Labute approximate surface area is 101 Å². The molecule has 94 valence electrons. The molecule has 5 heteroatoms. The predicted molar refractivity (Wildman–Crippen MR) is 65.2 cm³/mol. The van der Waals surface area contributed by atoms with Crippen LogP contribution in [-0.4, -0.2) is 40.9 Å². The topological polar surface area (TPSA) is 58.5 Å². The van der Waals surface area contributed by atoms with E-state index in [4.69, 9.17) is 4.74 Å². The predicted octanol–water partition coefficient (Wildman–Crippen LogP) is 1.08. The zero-order valence-corrected chi connectivity index (χ0v) is 10.3. The molecule has 0 spiro atoms. The Morgan fingerprint density at radius 3 is 3.06 bits per heavy atom. The second kappa shape index (κ2) is 5.31. The van der Waals surface area contributed by atoms with Crippen molar-refractivity contribution >= 4 is 5.82 Å². The van der Waals surface area contributed by atoms with Crippen LogP contribution in [0.4, 0.5) is 5.82 Å². The first-order valence-electron chi connectivity index (χ1n) is 6.08. The third-order valence-electron chi connectivity index (χ3n) is 3.13. The van der Waals surface area contributed by atoms with Crippen molar-refractivity contribution in [3.63, 3.8) is 0 Å². The van der Waals surface area contributed by atoms with Gasteiger partial charge in [-0.15, -0.1) is 0 Å². The molecule has 0 radical (unpaired) electrons. The zero-order valence-electron chi connectivity index (χ0n) is 10.3. The van der Waals surface area contributed by atoms with Gasteiger partial charge < -0.3 is 14.7 Å². The van der Waals surface area contributed by atoms with Crippen molar-refractivity contribution in [3.05, 3.63) is 12.4 Å². The number of aliphatic hydroxyl groups excluding tert-OH is 1. The monoisotopic (exact) mass is 237 g/mol. The number of rotatable bonds is 3. The van der Waals surface area contributed by atoms with Crippen LogP contribution < -0.4 is 9.64 Å². The summed E-state index contributed by atoms with van der Waals surface area (Å²) in [5.41, 5.74) is 0. The summed E-state index contributed by atoms with van der Waals surface area (Å²) in [7, 11) is 0. The van der Waals surface area contributed by atoms with E-state index in [0.717, 1.165) is 18.8 Å². The molecule has 2 atom stereocenters. The van der Waals surface area contributed by atoms with Gasteiger partial charge in [-0.3, -0.25) is 4.98 Å². The van der Waals surface area contributed by atoms with E-state index in [1.165, 1.54) is 0 Å². The second-order valence-electron chi connectivity index (χ2n) is 4.43. The fourth-order valence-corrected chi connectivity index (χ4v) is 1.97. The number of hydrogen-bond acceptors (Lipinski definition) is 5. The summed E-state index contributed by atoms with van der Waals surface area (Å²) in [5.74, 6) is 1.68. The molecule has 1 aromatic heterocycles. The average Bonchev–Trinajstić information content (AvgIpc) is 2.33. The molecule has 1 aliphatic rings. The molecule has 1 N–H and O–H groups in total. The van der Waals surface area contributed by atoms with E-state index >= 15 is 0 Å². The summed E-state index contributed by atoms with van der Waals surface area (Å²) in [4.78, 5) is 10.5. The van der Waals surface area contributed by atoms with Crippen molar-refractivity contribution in [1.29, 1.82) is 0 Å². The molecular formula is C12H19N3O2. The summed E-state index contributed by atoms with van der Waals surface area (Å²) < 4.78 is 5.32. The van der Waals surface area contributed by atoms with Crippen LogP contribution in [0.5, 0.6) is 5.88 Å². The SMILES string of the molecule is CCOc1cncc(N2CCC(C)C(O)C2)n1. The maximum atomic E-state index is 9.86. The molecule has 1 saturated heterocycles. The van der Waals surface area contributed by atoms with Gasteiger partial charge in [-0.25, -0.2) is 0 Å². The van der Waals surface area contributed by atoms with Crippen LogP contribution in [0, 0.1) is 5.92 Å². The van der Waals surface area contributed by atoms with Gasteiger partial charge in [0.05, 0.1) is 25.1 Å². The number of nitrogens with zero attached hydrogens (tertiary/aromatic N) is 3. The van der Waals surface area contributed by atoms with Gasteiger partial charge in [-0.05, 0) is 19.3 Å². The van der Waals surface area contributed by atoms with Crippen LogP contribution in [0.1, 0.15) is 20.3 Å². The van der Waals surface area contributed by atoms with Gasteiger partial charge in [0.1, 0.15) is 0 Å². The molecular weight excluding hydrogens is 218 g/mol. The smallest absolute Gasteiger partial charge is 0.234 e. The minimum absolute atomic E-state index is 0.290. The van der Waals surface area contributed by atoms with Gasteiger partial charge in [0.2, 0.25) is 5.88 Å². The first kappa shape index (κ1) is 12.1. The number of hydrogen-bond donors (Lipinski definition) is 1. The molecule has 0 saturated carbocycles. The van der Waals surface area contributed by atoms with E-state index in [2.05, 4.69) is 21.8 Å². The molecule has 1 aromatic rings. The van der Waals surface area contributed by atoms with Crippen LogP contribution in [-0.2, 0) is 0 Å². The van der Waals surface area contributed by atoms with Gasteiger partial charge in [0, 0.05) is 13.1 Å². The maximum Gasteiger partial charge on any atom is 0.234 e. The maximum absolute atomic E-state index is 9.86. The van der Waals surface area contributed by atoms with Crippen molar-refractivity contribution in [2.75, 3.05) is 24.6 Å². The molecule has 2 rings (SSSR count). The van der Waals surface area contributed by atoms with Gasteiger partial charge in [0.15, 0.2) is 5.82 Å². The van der Waals surface area contributed by atoms with Crippen LogP contribution >= 0.6 is 0 Å². The van der Waals surface area contributed by atoms with E-state index in [1.54, 1.807) is 12.4 Å². The van der Waals surface area contributed by atoms with E-state index in [0.29, 0.717) is 24.9 Å². The number of aliphatic hydroxyl groups is 1. The van der Waals surface area contributed by atoms with Crippen molar-refractivity contribution in [3.8, 4) is 5.88 Å². The third kappa shape index (κ3) is 2.85. The Balaban J connectivity index is 2.09. The number of β-amino-alcohol motifs (C(OH)–C–C–N with tert-alkyl or cyclic N) is 1. The standard InChI is InChI=1S/C12H19N3O2/c1-3-17-12-7-13-6-11(14-12)15-5-4-9(2)10(16)8-15/h6-7,9-10,16H,3-5,8H2,1-2H3. The van der Waals surface area contributed by atoms with Crippen molar-refractivity contribution in [1.82, 2.24) is 9.97 Å². The number of anilines is 1. The molecule has 1 aliphatic heterocycles. The molecule has 0 aromatic carbocycles. The Bertz CT molecular complexity index is 373. The largest absolute Gasteiger partial charge is 0.477 e. The molecule has 2 unspecified atom stereocenters. The highest BCUT2D eigenvalue weighted by molar-refractivity contribution is 5.38. The summed E-state index contributed by atoms with van der Waals surface area (Å²) in [5, 5.41) is 9.86. The highest BCUT2D eigenvalue weighted by atomic mass is 16.5. The van der Waals surface area contributed by atoms with E-state index in [-0.39, 0.29) is 6.10 Å². The molecule has 1 fully saturated rings. The summed E-state index contributed by atoms with van der Waals surface area (Å²) in [6.07, 6.45) is 4.00. The lowest BCUT2D eigenvalue weighted by molar-refractivity contribution is 0.102.